The van der Waals surface area contributed by atoms with Crippen LogP contribution in [0.3, 0.4) is 0 Å². The average Bonchev–Trinajstić information content (AvgIpc) is 1.90. The zero-order chi connectivity index (χ0) is 6.69. The minimum atomic E-state index is 0.916. The van der Waals surface area contributed by atoms with Crippen molar-refractivity contribution in [3.8, 4) is 0 Å². The topological polar surface area (TPSA) is 21.1 Å². The van der Waals surface area contributed by atoms with E-state index in [1.54, 1.807) is 4.90 Å². The number of rotatable bonds is 1. The van der Waals surface area contributed by atoms with Gasteiger partial charge in [-0.1, -0.05) is 0 Å². The lowest BCUT2D eigenvalue weighted by Gasteiger charge is -2.23. The third kappa shape index (κ3) is 1.95. The number of hydrogen-bond acceptors (Lipinski definition) is 0. The summed E-state index contributed by atoms with van der Waals surface area (Å²) in [5.41, 5.74) is 0. The van der Waals surface area contributed by atoms with E-state index in [4.69, 9.17) is 0 Å². The molecule has 1 atom stereocenters. The molecule has 0 radical (unpaired) electrons. The molecule has 3 N–H and O–H groups in total. The van der Waals surface area contributed by atoms with Gasteiger partial charge in [0.25, 0.3) is 0 Å². The first-order valence-corrected chi connectivity index (χ1v) is 3.92. The summed E-state index contributed by atoms with van der Waals surface area (Å²) in [6.45, 7) is 2.69. The van der Waals surface area contributed by atoms with Gasteiger partial charge in [-0.15, -0.1) is 0 Å². The van der Waals surface area contributed by atoms with Crippen molar-refractivity contribution < 1.29 is 10.2 Å². The molecule has 1 fully saturated rings. The molecule has 1 rings (SSSR count). The maximum Gasteiger partial charge on any atom is 0.137 e. The minimum absolute atomic E-state index is 0.916. The fourth-order valence-electron chi connectivity index (χ4n) is 1.47. The normalized spacial score (nSPS) is 29.0. The van der Waals surface area contributed by atoms with E-state index in [9.17, 15) is 0 Å². The summed E-state index contributed by atoms with van der Waals surface area (Å²) in [6.07, 6.45) is 2.84. The molecule has 2 nitrogen and oxygen atoms in total. The van der Waals surface area contributed by atoms with Crippen molar-refractivity contribution in [2.75, 3.05) is 27.2 Å². The van der Waals surface area contributed by atoms with Crippen molar-refractivity contribution in [3.63, 3.8) is 0 Å². The summed E-state index contributed by atoms with van der Waals surface area (Å²) in [6, 6.07) is 0.916. The van der Waals surface area contributed by atoms with Gasteiger partial charge in [-0.2, -0.15) is 0 Å². The van der Waals surface area contributed by atoms with Crippen molar-refractivity contribution in [2.24, 2.45) is 0 Å². The molecular weight excluding hydrogens is 112 g/mol. The van der Waals surface area contributed by atoms with Crippen LogP contribution >= 0.6 is 0 Å². The van der Waals surface area contributed by atoms with Gasteiger partial charge >= 0.3 is 0 Å². The van der Waals surface area contributed by atoms with Crippen LogP contribution in [0, 0.1) is 0 Å². The molecule has 1 aliphatic heterocycles. The molecule has 54 valence electrons. The molecule has 0 amide bonds. The summed E-state index contributed by atoms with van der Waals surface area (Å²) < 4.78 is 0. The smallest absolute Gasteiger partial charge is 0.137 e. The van der Waals surface area contributed by atoms with Gasteiger partial charge in [0.1, 0.15) is 12.6 Å². The Bertz CT molecular complexity index is 75.0. The lowest BCUT2D eigenvalue weighted by atomic mass is 10.1. The van der Waals surface area contributed by atoms with Crippen molar-refractivity contribution in [3.05, 3.63) is 0 Å². The fraction of sp³-hybridized carbons (Fsp3) is 1.00. The molecule has 1 heterocycles. The average molecular weight is 130 g/mol. The van der Waals surface area contributed by atoms with Gasteiger partial charge in [0.2, 0.25) is 0 Å². The van der Waals surface area contributed by atoms with Gasteiger partial charge in [-0.3, -0.25) is 0 Å². The van der Waals surface area contributed by atoms with Gasteiger partial charge in [-0.25, -0.2) is 0 Å². The molecule has 1 saturated heterocycles. The molecule has 0 aliphatic carbocycles. The Balaban J connectivity index is 2.23. The van der Waals surface area contributed by atoms with E-state index >= 15 is 0 Å². The number of piperidine rings is 1. The van der Waals surface area contributed by atoms with Crippen LogP contribution in [0.4, 0.5) is 0 Å². The van der Waals surface area contributed by atoms with Gasteiger partial charge < -0.3 is 10.2 Å². The van der Waals surface area contributed by atoms with Crippen LogP contribution in [0.5, 0.6) is 0 Å². The first-order valence-electron chi connectivity index (χ1n) is 3.92. The van der Waals surface area contributed by atoms with Crippen LogP contribution < -0.4 is 10.2 Å². The molecular formula is C7H18N2+2. The highest BCUT2D eigenvalue weighted by Gasteiger charge is 2.20. The first kappa shape index (κ1) is 7.03. The fourth-order valence-corrected chi connectivity index (χ4v) is 1.47. The first-order chi connectivity index (χ1) is 4.30. The minimum Gasteiger partial charge on any atom is -0.341 e. The van der Waals surface area contributed by atoms with E-state index in [0.717, 1.165) is 6.04 Å². The number of hydrogen-bond donors (Lipinski definition) is 2. The van der Waals surface area contributed by atoms with Gasteiger partial charge in [0.05, 0.1) is 20.6 Å². The van der Waals surface area contributed by atoms with Crippen LogP contribution in [0.2, 0.25) is 0 Å². The quantitative estimate of drug-likeness (QED) is 0.404. The third-order valence-corrected chi connectivity index (χ3v) is 2.23. The summed E-state index contributed by atoms with van der Waals surface area (Å²) in [4.78, 5) is 1.62. The van der Waals surface area contributed by atoms with E-state index in [-0.39, 0.29) is 0 Å². The van der Waals surface area contributed by atoms with Crippen molar-refractivity contribution in [2.45, 2.75) is 18.9 Å². The highest BCUT2D eigenvalue weighted by Crippen LogP contribution is 1.91. The zero-order valence-corrected chi connectivity index (χ0v) is 6.48. The molecule has 0 bridgehead atoms. The molecule has 0 spiro atoms. The van der Waals surface area contributed by atoms with Crippen LogP contribution in [-0.2, 0) is 0 Å². The Kier molecular flexibility index (Phi) is 2.49. The van der Waals surface area contributed by atoms with Crippen molar-refractivity contribution in [1.29, 1.82) is 0 Å². The van der Waals surface area contributed by atoms with Crippen molar-refractivity contribution >= 4 is 0 Å². The van der Waals surface area contributed by atoms with E-state index in [1.807, 2.05) is 0 Å². The summed E-state index contributed by atoms with van der Waals surface area (Å²) in [5.74, 6) is 0. The number of quaternary nitrogens is 2. The third-order valence-electron chi connectivity index (χ3n) is 2.23. The zero-order valence-electron chi connectivity index (χ0n) is 6.48. The lowest BCUT2D eigenvalue weighted by Crippen LogP contribution is -3.14. The molecule has 0 unspecified atom stereocenters. The number of nitrogens with one attached hydrogen (secondary N) is 1. The SMILES string of the molecule is C[NH+](C)[C@@H]1CCC[NH2+]C1. The van der Waals surface area contributed by atoms with Crippen LogP contribution in [0.1, 0.15) is 12.8 Å². The molecule has 1 aliphatic rings. The summed E-state index contributed by atoms with van der Waals surface area (Å²) in [7, 11) is 4.51. The predicted molar refractivity (Wildman–Crippen MR) is 37.5 cm³/mol. The Morgan fingerprint density at radius 2 is 2.22 bits per heavy atom. The molecule has 0 aromatic heterocycles. The Hall–Kier alpha value is -0.0800. The second kappa shape index (κ2) is 3.18. The van der Waals surface area contributed by atoms with Crippen LogP contribution in [0.25, 0.3) is 0 Å². The van der Waals surface area contributed by atoms with E-state index in [2.05, 4.69) is 19.4 Å². The van der Waals surface area contributed by atoms with Gasteiger partial charge in [-0.05, 0) is 0 Å². The molecule has 9 heavy (non-hydrogen) atoms. The maximum atomic E-state index is 2.43. The van der Waals surface area contributed by atoms with Gasteiger partial charge in [0, 0.05) is 12.8 Å². The Morgan fingerprint density at radius 3 is 2.56 bits per heavy atom. The Morgan fingerprint density at radius 1 is 1.44 bits per heavy atom. The largest absolute Gasteiger partial charge is 0.341 e. The standard InChI is InChI=1S/C7H16N2/c1-9(2)7-4-3-5-8-6-7/h7-8H,3-6H2,1-2H3/p+2/t7-/m1/s1. The summed E-state index contributed by atoms with van der Waals surface area (Å²) >= 11 is 0. The molecule has 0 saturated carbocycles. The Labute approximate surface area is 57.2 Å². The molecule has 0 aromatic carbocycles. The van der Waals surface area contributed by atoms with E-state index < -0.39 is 0 Å². The predicted octanol–water partition coefficient (Wildman–Crippen LogP) is -2.14. The van der Waals surface area contributed by atoms with Crippen LogP contribution in [-0.4, -0.2) is 33.2 Å². The highest BCUT2D eigenvalue weighted by molar-refractivity contribution is 4.55. The second-order valence-electron chi connectivity index (χ2n) is 3.23. The number of likely N-dealkylation sites (N-methyl/N-ethyl adjacent to an activating group) is 1. The maximum absolute atomic E-state index is 2.43. The monoisotopic (exact) mass is 130 g/mol. The second-order valence-corrected chi connectivity index (χ2v) is 3.23. The highest BCUT2D eigenvalue weighted by atomic mass is 15.1. The van der Waals surface area contributed by atoms with Crippen LogP contribution in [0.15, 0.2) is 0 Å². The van der Waals surface area contributed by atoms with E-state index in [0.29, 0.717) is 0 Å². The molecule has 0 aromatic rings. The molecule has 2 heteroatoms. The van der Waals surface area contributed by atoms with Crippen molar-refractivity contribution in [1.82, 2.24) is 0 Å². The van der Waals surface area contributed by atoms with Gasteiger partial charge in [0.15, 0.2) is 0 Å². The summed E-state index contributed by atoms with van der Waals surface area (Å²) in [5, 5.41) is 2.43. The lowest BCUT2D eigenvalue weighted by molar-refractivity contribution is -0.907. The number of nitrogens with two attached hydrogens (primary N) is 1. The van der Waals surface area contributed by atoms with E-state index in [1.165, 1.54) is 25.9 Å².